The van der Waals surface area contributed by atoms with Crippen LogP contribution in [0, 0.1) is 18.3 Å². The molecule has 2 amide bonds. The maximum atomic E-state index is 13.1. The molecule has 0 saturated heterocycles. The molecule has 0 aliphatic carbocycles. The van der Waals surface area contributed by atoms with Gasteiger partial charge in [-0.15, -0.1) is 0 Å². The molecule has 0 saturated carbocycles. The van der Waals surface area contributed by atoms with Crippen LogP contribution in [0.5, 0.6) is 11.5 Å². The monoisotopic (exact) mass is 410 g/mol. The van der Waals surface area contributed by atoms with E-state index in [-0.39, 0.29) is 24.3 Å². The van der Waals surface area contributed by atoms with Gasteiger partial charge in [0, 0.05) is 12.2 Å². The number of hydrogen-bond donors (Lipinski definition) is 1. The third-order valence-electron chi connectivity index (χ3n) is 4.88. The number of rotatable bonds is 6. The number of hydrogen-bond acceptors (Lipinski definition) is 4. The highest BCUT2D eigenvalue weighted by molar-refractivity contribution is 6.00. The Labute approximate surface area is 178 Å². The number of amides is 2. The third-order valence-corrected chi connectivity index (χ3v) is 4.88. The van der Waals surface area contributed by atoms with E-state index in [0.717, 1.165) is 5.56 Å². The van der Waals surface area contributed by atoms with Crippen molar-refractivity contribution in [2.75, 3.05) is 30.0 Å². The van der Waals surface area contributed by atoms with E-state index in [4.69, 9.17) is 9.47 Å². The molecule has 1 aliphatic heterocycles. The second-order valence-electron chi connectivity index (χ2n) is 8.81. The second-order valence-corrected chi connectivity index (χ2v) is 8.81. The fourth-order valence-corrected chi connectivity index (χ4v) is 3.25. The molecule has 0 atom stereocenters. The molecule has 1 heterocycles. The van der Waals surface area contributed by atoms with Gasteiger partial charge in [0.2, 0.25) is 5.91 Å². The number of carbonyl (C=O) groups is 2. The molecular weight excluding hydrogens is 380 g/mol. The molecule has 1 aliphatic rings. The molecule has 30 heavy (non-hydrogen) atoms. The Morgan fingerprint density at radius 2 is 1.90 bits per heavy atom. The molecule has 0 aromatic heterocycles. The zero-order chi connectivity index (χ0) is 21.9. The number of nitrogens with one attached hydrogen (secondary N) is 1. The minimum atomic E-state index is -0.626. The molecule has 6 nitrogen and oxygen atoms in total. The van der Waals surface area contributed by atoms with Crippen molar-refractivity contribution in [3.05, 3.63) is 48.0 Å². The Morgan fingerprint density at radius 3 is 2.57 bits per heavy atom. The van der Waals surface area contributed by atoms with Crippen molar-refractivity contribution >= 4 is 23.2 Å². The Kier molecular flexibility index (Phi) is 6.34. The summed E-state index contributed by atoms with van der Waals surface area (Å²) in [4.78, 5) is 27.3. The zero-order valence-electron chi connectivity index (χ0n) is 18.3. The number of anilines is 2. The smallest absolute Gasteiger partial charge is 0.262 e. The van der Waals surface area contributed by atoms with Gasteiger partial charge in [0.05, 0.1) is 11.1 Å². The lowest BCUT2D eigenvalue weighted by Crippen LogP contribution is -2.43. The van der Waals surface area contributed by atoms with E-state index in [1.165, 1.54) is 0 Å². The molecule has 2 aromatic rings. The van der Waals surface area contributed by atoms with Crippen molar-refractivity contribution < 1.29 is 19.1 Å². The summed E-state index contributed by atoms with van der Waals surface area (Å²) in [6.07, 6.45) is 0. The van der Waals surface area contributed by atoms with Gasteiger partial charge in [0.1, 0.15) is 18.1 Å². The number of nitrogens with zero attached hydrogens (tertiary/aromatic N) is 1. The van der Waals surface area contributed by atoms with Crippen LogP contribution in [-0.4, -0.2) is 31.6 Å². The fraction of sp³-hybridized carbons (Fsp3) is 0.417. The molecule has 0 spiro atoms. The lowest BCUT2D eigenvalue weighted by molar-refractivity contribution is -0.127. The predicted octanol–water partition coefficient (Wildman–Crippen LogP) is 4.42. The van der Waals surface area contributed by atoms with Crippen molar-refractivity contribution in [2.45, 2.75) is 34.6 Å². The van der Waals surface area contributed by atoms with Gasteiger partial charge in [-0.2, -0.15) is 0 Å². The van der Waals surface area contributed by atoms with Crippen molar-refractivity contribution in [2.24, 2.45) is 11.3 Å². The fourth-order valence-electron chi connectivity index (χ4n) is 3.25. The van der Waals surface area contributed by atoms with E-state index >= 15 is 0 Å². The minimum absolute atomic E-state index is 0.0149. The highest BCUT2D eigenvalue weighted by Gasteiger charge is 2.38. The van der Waals surface area contributed by atoms with Crippen molar-refractivity contribution in [1.82, 2.24) is 0 Å². The van der Waals surface area contributed by atoms with Gasteiger partial charge in [-0.3, -0.25) is 9.59 Å². The summed E-state index contributed by atoms with van der Waals surface area (Å²) >= 11 is 0. The topological polar surface area (TPSA) is 67.9 Å². The lowest BCUT2D eigenvalue weighted by atomic mass is 9.92. The second kappa shape index (κ2) is 8.78. The van der Waals surface area contributed by atoms with E-state index < -0.39 is 5.41 Å². The standard InChI is InChI=1S/C24H30N2O4/c1-16(2)13-26-20-12-18(8-11-21(20)30-15-24(4,5)23(26)28)25-22(27)14-29-19-9-6-17(3)7-10-19/h6-12,16H,13-15H2,1-5H3,(H,25,27). The van der Waals surface area contributed by atoms with Gasteiger partial charge in [-0.05, 0) is 57.0 Å². The van der Waals surface area contributed by atoms with E-state index in [1.807, 2.05) is 45.0 Å². The molecule has 1 N–H and O–H groups in total. The Morgan fingerprint density at radius 1 is 1.20 bits per heavy atom. The van der Waals surface area contributed by atoms with Crippen LogP contribution in [0.15, 0.2) is 42.5 Å². The van der Waals surface area contributed by atoms with Gasteiger partial charge in [-0.25, -0.2) is 0 Å². The molecule has 6 heteroatoms. The maximum absolute atomic E-state index is 13.1. The lowest BCUT2D eigenvalue weighted by Gasteiger charge is -2.29. The SMILES string of the molecule is Cc1ccc(OCC(=O)Nc2ccc3c(c2)N(CC(C)C)C(=O)C(C)(C)CO3)cc1. The zero-order valence-corrected chi connectivity index (χ0v) is 18.3. The summed E-state index contributed by atoms with van der Waals surface area (Å²) in [5, 5.41) is 2.85. The van der Waals surface area contributed by atoms with Crippen LogP contribution in [-0.2, 0) is 9.59 Å². The highest BCUT2D eigenvalue weighted by Crippen LogP contribution is 2.38. The van der Waals surface area contributed by atoms with E-state index in [1.54, 1.807) is 23.1 Å². The Bertz CT molecular complexity index is 919. The molecule has 0 fully saturated rings. The van der Waals surface area contributed by atoms with Crippen LogP contribution >= 0.6 is 0 Å². The molecule has 0 unspecified atom stereocenters. The van der Waals surface area contributed by atoms with Gasteiger partial charge in [0.25, 0.3) is 5.91 Å². The first-order valence-corrected chi connectivity index (χ1v) is 10.2. The number of aryl methyl sites for hydroxylation is 1. The van der Waals surface area contributed by atoms with Crippen LogP contribution in [0.3, 0.4) is 0 Å². The van der Waals surface area contributed by atoms with Gasteiger partial charge >= 0.3 is 0 Å². The van der Waals surface area contributed by atoms with Gasteiger partial charge in [0.15, 0.2) is 6.61 Å². The van der Waals surface area contributed by atoms with Gasteiger partial charge in [-0.1, -0.05) is 31.5 Å². The largest absolute Gasteiger partial charge is 0.490 e. The average Bonchev–Trinajstić information content (AvgIpc) is 2.78. The van der Waals surface area contributed by atoms with Crippen molar-refractivity contribution in [1.29, 1.82) is 0 Å². The van der Waals surface area contributed by atoms with E-state index in [2.05, 4.69) is 19.2 Å². The molecule has 0 bridgehead atoms. The molecule has 2 aromatic carbocycles. The molecule has 160 valence electrons. The van der Waals surface area contributed by atoms with Gasteiger partial charge < -0.3 is 19.7 Å². The molecule has 0 radical (unpaired) electrons. The quantitative estimate of drug-likeness (QED) is 0.765. The summed E-state index contributed by atoms with van der Waals surface area (Å²) in [6.45, 7) is 10.7. The minimum Gasteiger partial charge on any atom is -0.490 e. The first kappa shape index (κ1) is 21.7. The average molecular weight is 411 g/mol. The van der Waals surface area contributed by atoms with Crippen LogP contribution in [0.2, 0.25) is 0 Å². The summed E-state index contributed by atoms with van der Waals surface area (Å²) in [5.41, 5.74) is 1.77. The normalized spacial score (nSPS) is 15.3. The third kappa shape index (κ3) is 5.12. The van der Waals surface area contributed by atoms with Crippen molar-refractivity contribution in [3.63, 3.8) is 0 Å². The highest BCUT2D eigenvalue weighted by atomic mass is 16.5. The van der Waals surface area contributed by atoms with Crippen LogP contribution in [0.4, 0.5) is 11.4 Å². The summed E-state index contributed by atoms with van der Waals surface area (Å²) in [5.74, 6) is 1.32. The first-order chi connectivity index (χ1) is 14.2. The van der Waals surface area contributed by atoms with Crippen LogP contribution in [0.25, 0.3) is 0 Å². The molecule has 3 rings (SSSR count). The maximum Gasteiger partial charge on any atom is 0.262 e. The summed E-state index contributed by atoms with van der Waals surface area (Å²) in [7, 11) is 0. The first-order valence-electron chi connectivity index (χ1n) is 10.2. The Hall–Kier alpha value is -3.02. The van der Waals surface area contributed by atoms with Crippen LogP contribution in [0.1, 0.15) is 33.3 Å². The number of ether oxygens (including phenoxy) is 2. The van der Waals surface area contributed by atoms with Crippen molar-refractivity contribution in [3.8, 4) is 11.5 Å². The molecular formula is C24H30N2O4. The summed E-state index contributed by atoms with van der Waals surface area (Å²) in [6, 6.07) is 12.9. The number of carbonyl (C=O) groups excluding carboxylic acids is 2. The number of fused-ring (bicyclic) bond motifs is 1. The van der Waals surface area contributed by atoms with E-state index in [0.29, 0.717) is 36.0 Å². The van der Waals surface area contributed by atoms with E-state index in [9.17, 15) is 9.59 Å². The van der Waals surface area contributed by atoms with Crippen LogP contribution < -0.4 is 19.7 Å². The predicted molar refractivity (Wildman–Crippen MR) is 118 cm³/mol. The summed E-state index contributed by atoms with van der Waals surface area (Å²) < 4.78 is 11.5. The number of benzene rings is 2. The Balaban J connectivity index is 1.75.